The van der Waals surface area contributed by atoms with Crippen molar-refractivity contribution in [1.82, 2.24) is 14.9 Å². The molecule has 0 saturated carbocycles. The molecular weight excluding hydrogens is 222 g/mol. The molecule has 0 atom stereocenters. The average molecular weight is 241 g/mol. The van der Waals surface area contributed by atoms with Crippen molar-refractivity contribution < 1.29 is 0 Å². The summed E-state index contributed by atoms with van der Waals surface area (Å²) >= 11 is 0. The van der Waals surface area contributed by atoms with E-state index >= 15 is 0 Å². The van der Waals surface area contributed by atoms with Crippen LogP contribution in [0, 0.1) is 0 Å². The summed E-state index contributed by atoms with van der Waals surface area (Å²) < 4.78 is 2.10. The van der Waals surface area contributed by atoms with Crippen LogP contribution in [0.5, 0.6) is 0 Å². The molecule has 94 valence electrons. The Hall–Kier alpha value is -1.61. The molecule has 0 unspecified atom stereocenters. The van der Waals surface area contributed by atoms with Crippen LogP contribution < -0.4 is 5.32 Å². The molecule has 0 saturated heterocycles. The van der Waals surface area contributed by atoms with Crippen molar-refractivity contribution in [2.75, 3.05) is 7.05 Å². The van der Waals surface area contributed by atoms with Gasteiger partial charge in [-0.25, -0.2) is 4.98 Å². The quantitative estimate of drug-likeness (QED) is 0.893. The van der Waals surface area contributed by atoms with Crippen molar-refractivity contribution in [3.05, 3.63) is 41.3 Å². The van der Waals surface area contributed by atoms with Crippen molar-refractivity contribution >= 4 is 0 Å². The summed E-state index contributed by atoms with van der Waals surface area (Å²) in [5, 5.41) is 3.21. The van der Waals surface area contributed by atoms with Crippen LogP contribution in [0.2, 0.25) is 0 Å². The highest BCUT2D eigenvalue weighted by atomic mass is 15.1. The molecule has 18 heavy (non-hydrogen) atoms. The van der Waals surface area contributed by atoms with E-state index in [4.69, 9.17) is 0 Å². The third-order valence-electron chi connectivity index (χ3n) is 3.78. The summed E-state index contributed by atoms with van der Waals surface area (Å²) in [6.45, 7) is 0.850. The van der Waals surface area contributed by atoms with Crippen molar-refractivity contribution in [3.8, 4) is 11.3 Å². The summed E-state index contributed by atoms with van der Waals surface area (Å²) in [7, 11) is 4.02. The molecule has 1 aromatic carbocycles. The fourth-order valence-electron chi connectivity index (χ4n) is 2.79. The predicted octanol–water partition coefficient (Wildman–Crippen LogP) is 2.30. The Balaban J connectivity index is 2.04. The Bertz CT molecular complexity index is 569. The van der Waals surface area contributed by atoms with E-state index in [2.05, 4.69) is 40.1 Å². The van der Waals surface area contributed by atoms with E-state index in [1.807, 2.05) is 13.4 Å². The van der Waals surface area contributed by atoms with Gasteiger partial charge in [-0.3, -0.25) is 0 Å². The Morgan fingerprint density at radius 2 is 2.11 bits per heavy atom. The van der Waals surface area contributed by atoms with Gasteiger partial charge in [-0.1, -0.05) is 12.1 Å². The number of rotatable bonds is 3. The first kappa shape index (κ1) is 11.5. The van der Waals surface area contributed by atoms with Crippen molar-refractivity contribution in [2.24, 2.45) is 7.05 Å². The molecule has 0 spiro atoms. The number of hydrogen-bond donors (Lipinski definition) is 1. The molecule has 0 radical (unpaired) electrons. The van der Waals surface area contributed by atoms with Crippen LogP contribution in [0.4, 0.5) is 0 Å². The monoisotopic (exact) mass is 241 g/mol. The molecule has 1 aromatic heterocycles. The highest BCUT2D eigenvalue weighted by molar-refractivity contribution is 5.64. The smallest absolute Gasteiger partial charge is 0.0953 e. The molecular formula is C15H19N3. The van der Waals surface area contributed by atoms with Gasteiger partial charge in [-0.05, 0) is 43.5 Å². The lowest BCUT2D eigenvalue weighted by Gasteiger charge is -2.07. The van der Waals surface area contributed by atoms with Crippen LogP contribution in [-0.4, -0.2) is 16.6 Å². The average Bonchev–Trinajstić information content (AvgIpc) is 2.97. The fourth-order valence-corrected chi connectivity index (χ4v) is 2.79. The van der Waals surface area contributed by atoms with Gasteiger partial charge in [-0.15, -0.1) is 0 Å². The van der Waals surface area contributed by atoms with Gasteiger partial charge in [0.15, 0.2) is 0 Å². The Labute approximate surface area is 108 Å². The molecule has 0 amide bonds. The maximum absolute atomic E-state index is 4.55. The summed E-state index contributed by atoms with van der Waals surface area (Å²) in [5.41, 5.74) is 6.64. The zero-order valence-electron chi connectivity index (χ0n) is 11.0. The second-order valence-electron chi connectivity index (χ2n) is 5.02. The van der Waals surface area contributed by atoms with E-state index in [0.29, 0.717) is 0 Å². The number of benzene rings is 1. The van der Waals surface area contributed by atoms with Gasteiger partial charge in [0.1, 0.15) is 0 Å². The number of imidazole rings is 1. The highest BCUT2D eigenvalue weighted by Crippen LogP contribution is 2.28. The molecule has 0 fully saturated rings. The van der Waals surface area contributed by atoms with Gasteiger partial charge in [0.05, 0.1) is 17.7 Å². The Morgan fingerprint density at radius 1 is 1.28 bits per heavy atom. The molecule has 1 aliphatic carbocycles. The zero-order chi connectivity index (χ0) is 12.5. The molecule has 3 heteroatoms. The van der Waals surface area contributed by atoms with E-state index in [-0.39, 0.29) is 0 Å². The van der Waals surface area contributed by atoms with Gasteiger partial charge in [0, 0.05) is 19.2 Å². The number of aryl methyl sites for hydroxylation is 3. The fraction of sp³-hybridized carbons (Fsp3) is 0.400. The third kappa shape index (κ3) is 1.85. The molecule has 1 aliphatic rings. The van der Waals surface area contributed by atoms with Gasteiger partial charge < -0.3 is 9.88 Å². The summed E-state index contributed by atoms with van der Waals surface area (Å²) in [6.07, 6.45) is 5.65. The minimum Gasteiger partial charge on any atom is -0.336 e. The largest absolute Gasteiger partial charge is 0.336 e. The second kappa shape index (κ2) is 4.58. The number of nitrogens with one attached hydrogen (secondary N) is 1. The molecule has 1 heterocycles. The van der Waals surface area contributed by atoms with Gasteiger partial charge in [0.2, 0.25) is 0 Å². The van der Waals surface area contributed by atoms with E-state index in [1.54, 1.807) is 0 Å². The third-order valence-corrected chi connectivity index (χ3v) is 3.78. The van der Waals surface area contributed by atoms with E-state index < -0.39 is 0 Å². The van der Waals surface area contributed by atoms with E-state index in [9.17, 15) is 0 Å². The second-order valence-corrected chi connectivity index (χ2v) is 5.02. The van der Waals surface area contributed by atoms with Crippen LogP contribution in [0.3, 0.4) is 0 Å². The van der Waals surface area contributed by atoms with Gasteiger partial charge in [0.25, 0.3) is 0 Å². The van der Waals surface area contributed by atoms with E-state index in [1.165, 1.54) is 41.6 Å². The highest BCUT2D eigenvalue weighted by Gasteiger charge is 2.15. The van der Waals surface area contributed by atoms with Gasteiger partial charge >= 0.3 is 0 Å². The topological polar surface area (TPSA) is 29.9 Å². The van der Waals surface area contributed by atoms with Crippen LogP contribution in [0.1, 0.15) is 23.2 Å². The zero-order valence-corrected chi connectivity index (χ0v) is 11.0. The lowest BCUT2D eigenvalue weighted by atomic mass is 10.0. The lowest BCUT2D eigenvalue weighted by molar-refractivity contribution is 0.735. The summed E-state index contributed by atoms with van der Waals surface area (Å²) in [6, 6.07) is 6.81. The lowest BCUT2D eigenvalue weighted by Crippen LogP contribution is -2.09. The molecule has 0 aliphatic heterocycles. The molecule has 2 aromatic rings. The van der Waals surface area contributed by atoms with Crippen LogP contribution in [0.15, 0.2) is 24.5 Å². The molecule has 3 nitrogen and oxygen atoms in total. The summed E-state index contributed by atoms with van der Waals surface area (Å²) in [4.78, 5) is 4.55. The molecule has 1 N–H and O–H groups in total. The van der Waals surface area contributed by atoms with Crippen molar-refractivity contribution in [2.45, 2.75) is 25.8 Å². The minimum absolute atomic E-state index is 0.850. The summed E-state index contributed by atoms with van der Waals surface area (Å²) in [5.74, 6) is 0. The molecule has 3 rings (SSSR count). The Kier molecular flexibility index (Phi) is 2.92. The SMILES string of the molecule is CNCc1c(-c2ccc3c(c2)CCC3)ncn1C. The molecule has 0 bridgehead atoms. The maximum Gasteiger partial charge on any atom is 0.0953 e. The van der Waals surface area contributed by atoms with Crippen LogP contribution in [0.25, 0.3) is 11.3 Å². The number of aromatic nitrogens is 2. The first-order chi connectivity index (χ1) is 8.79. The first-order valence-electron chi connectivity index (χ1n) is 6.56. The van der Waals surface area contributed by atoms with Crippen molar-refractivity contribution in [3.63, 3.8) is 0 Å². The normalized spacial score (nSPS) is 13.9. The van der Waals surface area contributed by atoms with Crippen molar-refractivity contribution in [1.29, 1.82) is 0 Å². The first-order valence-corrected chi connectivity index (χ1v) is 6.56. The standard InChI is InChI=1S/C15H19N3/c1-16-9-14-15(17-10-18(14)2)13-7-6-11-4-3-5-12(11)8-13/h6-8,10,16H,3-5,9H2,1-2H3. The van der Waals surface area contributed by atoms with Crippen LogP contribution >= 0.6 is 0 Å². The minimum atomic E-state index is 0.850. The maximum atomic E-state index is 4.55. The number of nitrogens with zero attached hydrogens (tertiary/aromatic N) is 2. The number of fused-ring (bicyclic) bond motifs is 1. The van der Waals surface area contributed by atoms with Gasteiger partial charge in [-0.2, -0.15) is 0 Å². The van der Waals surface area contributed by atoms with Crippen LogP contribution in [-0.2, 0) is 26.4 Å². The predicted molar refractivity (Wildman–Crippen MR) is 73.4 cm³/mol. The van der Waals surface area contributed by atoms with E-state index in [0.717, 1.165) is 12.2 Å². The Morgan fingerprint density at radius 3 is 2.94 bits per heavy atom. The number of hydrogen-bond acceptors (Lipinski definition) is 2.